The number of hydrogen-bond acceptors (Lipinski definition) is 5. The SMILES string of the molecule is CC(C)CN(Cc1ccccc1C(F)(F)F)S(=O)(=O)c1ccccc1CC1(O)CCN(S(C)(=O)=O)CC1. The van der Waals surface area contributed by atoms with Crippen LogP contribution in [-0.2, 0) is 39.2 Å². The minimum atomic E-state index is -4.63. The molecule has 0 amide bonds. The van der Waals surface area contributed by atoms with E-state index < -0.39 is 43.9 Å². The topological polar surface area (TPSA) is 95.0 Å². The highest BCUT2D eigenvalue weighted by atomic mass is 32.2. The average molecular weight is 563 g/mol. The molecule has 0 unspecified atom stereocenters. The van der Waals surface area contributed by atoms with Gasteiger partial charge in [-0.25, -0.2) is 21.1 Å². The van der Waals surface area contributed by atoms with Crippen molar-refractivity contribution >= 4 is 20.0 Å². The summed E-state index contributed by atoms with van der Waals surface area (Å²) in [7, 11) is -7.66. The van der Waals surface area contributed by atoms with E-state index in [1.807, 2.05) is 0 Å². The minimum absolute atomic E-state index is 0.00353. The Kier molecular flexibility index (Phi) is 8.80. The highest BCUT2D eigenvalue weighted by Crippen LogP contribution is 2.35. The van der Waals surface area contributed by atoms with Crippen molar-refractivity contribution in [2.45, 2.75) is 56.3 Å². The molecule has 1 heterocycles. The molecule has 2 aromatic carbocycles. The Balaban J connectivity index is 1.95. The van der Waals surface area contributed by atoms with Gasteiger partial charge in [0, 0.05) is 32.6 Å². The summed E-state index contributed by atoms with van der Waals surface area (Å²) in [5.74, 6) is -0.163. The lowest BCUT2D eigenvalue weighted by Crippen LogP contribution is -2.47. The van der Waals surface area contributed by atoms with E-state index in [0.717, 1.165) is 16.6 Å². The summed E-state index contributed by atoms with van der Waals surface area (Å²) in [4.78, 5) is -0.0842. The molecule has 3 rings (SSSR count). The van der Waals surface area contributed by atoms with E-state index >= 15 is 0 Å². The molecular weight excluding hydrogens is 529 g/mol. The third kappa shape index (κ3) is 7.32. The van der Waals surface area contributed by atoms with Crippen LogP contribution >= 0.6 is 0 Å². The predicted octanol–water partition coefficient (Wildman–Crippen LogP) is 3.88. The van der Waals surface area contributed by atoms with E-state index in [1.165, 1.54) is 34.6 Å². The second-order valence-electron chi connectivity index (χ2n) is 10.0. The number of rotatable bonds is 9. The van der Waals surface area contributed by atoms with Crippen LogP contribution < -0.4 is 0 Å². The van der Waals surface area contributed by atoms with Crippen molar-refractivity contribution in [1.29, 1.82) is 0 Å². The smallest absolute Gasteiger partial charge is 0.389 e. The number of benzene rings is 2. The largest absolute Gasteiger partial charge is 0.416 e. The maximum atomic E-state index is 13.9. The van der Waals surface area contributed by atoms with Gasteiger partial charge in [0.15, 0.2) is 0 Å². The first kappa shape index (κ1) is 29.6. The quantitative estimate of drug-likeness (QED) is 0.501. The van der Waals surface area contributed by atoms with E-state index in [1.54, 1.807) is 26.0 Å². The maximum Gasteiger partial charge on any atom is 0.416 e. The van der Waals surface area contributed by atoms with Gasteiger partial charge in [0.05, 0.1) is 22.3 Å². The molecule has 2 aromatic rings. The van der Waals surface area contributed by atoms with E-state index in [0.29, 0.717) is 5.56 Å². The lowest BCUT2D eigenvalue weighted by Gasteiger charge is -2.37. The van der Waals surface area contributed by atoms with Crippen LogP contribution in [0, 0.1) is 5.92 Å². The van der Waals surface area contributed by atoms with Gasteiger partial charge in [-0.05, 0) is 42.0 Å². The Morgan fingerprint density at radius 2 is 1.51 bits per heavy atom. The molecule has 206 valence electrons. The highest BCUT2D eigenvalue weighted by molar-refractivity contribution is 7.89. The summed E-state index contributed by atoms with van der Waals surface area (Å²) < 4.78 is 94.5. The van der Waals surface area contributed by atoms with Crippen LogP contribution in [0.2, 0.25) is 0 Å². The highest BCUT2D eigenvalue weighted by Gasteiger charge is 2.38. The van der Waals surface area contributed by atoms with Crippen molar-refractivity contribution in [3.63, 3.8) is 0 Å². The van der Waals surface area contributed by atoms with Gasteiger partial charge in [-0.2, -0.15) is 17.5 Å². The number of halogens is 3. The van der Waals surface area contributed by atoms with E-state index in [-0.39, 0.29) is 55.3 Å². The van der Waals surface area contributed by atoms with Crippen molar-refractivity contribution in [1.82, 2.24) is 8.61 Å². The standard InChI is InChI=1S/C25H33F3N2O5S2/c1-19(2)17-30(18-21-9-4-6-10-22(21)25(26,27)28)37(34,35)23-11-7-5-8-20(23)16-24(31)12-14-29(15-13-24)36(3,32)33/h4-11,19,31H,12-18H2,1-3H3. The molecule has 7 nitrogen and oxygen atoms in total. The summed E-state index contributed by atoms with van der Waals surface area (Å²) in [6.07, 6.45) is -3.31. The van der Waals surface area contributed by atoms with Crippen molar-refractivity contribution in [2.24, 2.45) is 5.92 Å². The molecule has 37 heavy (non-hydrogen) atoms. The summed E-state index contributed by atoms with van der Waals surface area (Å²) in [6, 6.07) is 11.0. The van der Waals surface area contributed by atoms with E-state index in [4.69, 9.17) is 0 Å². The predicted molar refractivity (Wildman–Crippen MR) is 135 cm³/mol. The average Bonchev–Trinajstić information content (AvgIpc) is 2.77. The lowest BCUT2D eigenvalue weighted by atomic mass is 9.86. The Bertz CT molecular complexity index is 1300. The Morgan fingerprint density at radius 1 is 0.973 bits per heavy atom. The summed E-state index contributed by atoms with van der Waals surface area (Å²) in [6.45, 7) is 3.31. The zero-order valence-corrected chi connectivity index (χ0v) is 22.7. The maximum absolute atomic E-state index is 13.9. The van der Waals surface area contributed by atoms with Crippen molar-refractivity contribution in [3.05, 3.63) is 65.2 Å². The number of hydrogen-bond donors (Lipinski definition) is 1. The Hall–Kier alpha value is -1.99. The van der Waals surface area contributed by atoms with E-state index in [9.17, 15) is 35.1 Å². The molecule has 0 saturated carbocycles. The molecule has 1 fully saturated rings. The molecule has 0 aliphatic carbocycles. The summed E-state index contributed by atoms with van der Waals surface area (Å²) in [5, 5.41) is 11.2. The lowest BCUT2D eigenvalue weighted by molar-refractivity contribution is -0.138. The van der Waals surface area contributed by atoms with Crippen LogP contribution in [-0.4, -0.2) is 62.0 Å². The van der Waals surface area contributed by atoms with Gasteiger partial charge in [0.25, 0.3) is 0 Å². The molecule has 0 spiro atoms. The fourth-order valence-electron chi connectivity index (χ4n) is 4.59. The first-order valence-corrected chi connectivity index (χ1v) is 15.2. The van der Waals surface area contributed by atoms with Crippen LogP contribution in [0.1, 0.15) is 43.4 Å². The third-order valence-corrected chi connectivity index (χ3v) is 9.69. The summed E-state index contributed by atoms with van der Waals surface area (Å²) >= 11 is 0. The molecule has 0 aromatic heterocycles. The van der Waals surface area contributed by atoms with Gasteiger partial charge in [0.1, 0.15) is 0 Å². The molecule has 1 aliphatic rings. The van der Waals surface area contributed by atoms with Crippen LogP contribution in [0.3, 0.4) is 0 Å². The molecule has 0 bridgehead atoms. The molecule has 1 aliphatic heterocycles. The van der Waals surface area contributed by atoms with Gasteiger partial charge in [-0.3, -0.25) is 0 Å². The monoisotopic (exact) mass is 562 g/mol. The normalized spacial score (nSPS) is 17.4. The summed E-state index contributed by atoms with van der Waals surface area (Å²) in [5.41, 5.74) is -2.03. The molecule has 0 atom stereocenters. The van der Waals surface area contributed by atoms with Gasteiger partial charge < -0.3 is 5.11 Å². The Morgan fingerprint density at radius 3 is 2.05 bits per heavy atom. The fourth-order valence-corrected chi connectivity index (χ4v) is 7.24. The zero-order valence-electron chi connectivity index (χ0n) is 21.1. The number of sulfonamides is 2. The third-order valence-electron chi connectivity index (χ3n) is 6.47. The molecule has 1 saturated heterocycles. The van der Waals surface area contributed by atoms with Crippen LogP contribution in [0.5, 0.6) is 0 Å². The van der Waals surface area contributed by atoms with Gasteiger partial charge in [-0.1, -0.05) is 50.2 Å². The second-order valence-corrected chi connectivity index (χ2v) is 13.9. The molecule has 0 radical (unpaired) electrons. The van der Waals surface area contributed by atoms with Crippen molar-refractivity contribution < 1.29 is 35.1 Å². The number of piperidine rings is 1. The number of aliphatic hydroxyl groups is 1. The van der Waals surface area contributed by atoms with Crippen LogP contribution in [0.25, 0.3) is 0 Å². The number of nitrogens with zero attached hydrogens (tertiary/aromatic N) is 2. The van der Waals surface area contributed by atoms with E-state index in [2.05, 4.69) is 0 Å². The first-order chi connectivity index (χ1) is 17.0. The van der Waals surface area contributed by atoms with Crippen LogP contribution in [0.4, 0.5) is 13.2 Å². The second kappa shape index (κ2) is 11.0. The minimum Gasteiger partial charge on any atom is -0.389 e. The van der Waals surface area contributed by atoms with Gasteiger partial charge >= 0.3 is 6.18 Å². The van der Waals surface area contributed by atoms with Gasteiger partial charge in [-0.15, -0.1) is 0 Å². The Labute approximate surface area is 217 Å². The van der Waals surface area contributed by atoms with Crippen molar-refractivity contribution in [3.8, 4) is 0 Å². The molecule has 12 heteroatoms. The molecular formula is C25H33F3N2O5S2. The first-order valence-electron chi connectivity index (χ1n) is 11.9. The van der Waals surface area contributed by atoms with Crippen molar-refractivity contribution in [2.75, 3.05) is 25.9 Å². The molecule has 1 N–H and O–H groups in total. The fraction of sp³-hybridized carbons (Fsp3) is 0.520. The number of alkyl halides is 3. The van der Waals surface area contributed by atoms with Crippen LogP contribution in [0.15, 0.2) is 53.4 Å². The van der Waals surface area contributed by atoms with Gasteiger partial charge in [0.2, 0.25) is 20.0 Å². The zero-order chi connectivity index (χ0) is 27.6.